The lowest BCUT2D eigenvalue weighted by atomic mass is 10.1. The molecule has 0 amide bonds. The van der Waals surface area contributed by atoms with Crippen LogP contribution >= 0.6 is 39.9 Å². The molecule has 27 heavy (non-hydrogen) atoms. The van der Waals surface area contributed by atoms with Crippen molar-refractivity contribution in [2.75, 3.05) is 13.6 Å². The van der Waals surface area contributed by atoms with Gasteiger partial charge < -0.3 is 14.8 Å². The van der Waals surface area contributed by atoms with Gasteiger partial charge in [0, 0.05) is 55.3 Å². The zero-order chi connectivity index (χ0) is 19.3. The van der Waals surface area contributed by atoms with Crippen molar-refractivity contribution in [3.05, 3.63) is 39.4 Å². The zero-order valence-corrected chi connectivity index (χ0v) is 21.1. The number of halogens is 2. The minimum absolute atomic E-state index is 0. The van der Waals surface area contributed by atoms with E-state index >= 15 is 0 Å². The number of guanidine groups is 1. The topological polar surface area (TPSA) is 50.4 Å². The molecule has 0 aliphatic heterocycles. The Labute approximate surface area is 188 Å². The van der Waals surface area contributed by atoms with Crippen molar-refractivity contribution in [2.45, 2.75) is 46.7 Å². The predicted molar refractivity (Wildman–Crippen MR) is 127 cm³/mol. The van der Waals surface area contributed by atoms with E-state index in [9.17, 15) is 0 Å². The van der Waals surface area contributed by atoms with E-state index in [2.05, 4.69) is 82.9 Å². The first-order valence-corrected chi connectivity index (χ1v) is 10.0. The molecule has 0 bridgehead atoms. The van der Waals surface area contributed by atoms with Gasteiger partial charge in [0.1, 0.15) is 0 Å². The number of nitrogens with one attached hydrogen (secondary N) is 1. The van der Waals surface area contributed by atoms with Gasteiger partial charge in [-0.25, -0.2) is 4.99 Å². The Morgan fingerprint density at radius 1 is 1.26 bits per heavy atom. The van der Waals surface area contributed by atoms with E-state index in [-0.39, 0.29) is 24.0 Å². The van der Waals surface area contributed by atoms with E-state index in [0.717, 1.165) is 42.1 Å². The first-order chi connectivity index (χ1) is 12.4. The number of hydrogen-bond acceptors (Lipinski definition) is 2. The fourth-order valence-corrected chi connectivity index (χ4v) is 3.81. The van der Waals surface area contributed by atoms with Crippen LogP contribution < -0.4 is 5.32 Å². The number of rotatable bonds is 7. The van der Waals surface area contributed by atoms with Gasteiger partial charge in [-0.05, 0) is 41.8 Å². The Hall–Kier alpha value is -1.03. The van der Waals surface area contributed by atoms with Crippen LogP contribution in [0.3, 0.4) is 0 Å². The number of aromatic nitrogens is 3. The molecule has 0 aromatic carbocycles. The molecule has 2 aromatic rings. The summed E-state index contributed by atoms with van der Waals surface area (Å²) in [5, 5.41) is 8.06. The fraction of sp³-hybridized carbons (Fsp3) is 0.579. The van der Waals surface area contributed by atoms with Crippen molar-refractivity contribution in [3.63, 3.8) is 0 Å². The Morgan fingerprint density at radius 3 is 2.48 bits per heavy atom. The van der Waals surface area contributed by atoms with Crippen molar-refractivity contribution < 1.29 is 0 Å². The van der Waals surface area contributed by atoms with Gasteiger partial charge >= 0.3 is 0 Å². The molecule has 0 fully saturated rings. The first kappa shape index (κ1) is 24.0. The molecule has 0 radical (unpaired) electrons. The summed E-state index contributed by atoms with van der Waals surface area (Å²) in [7, 11) is 6.16. The monoisotopic (exact) mass is 550 g/mol. The average Bonchev–Trinajstić information content (AvgIpc) is 3.08. The lowest BCUT2D eigenvalue weighted by Gasteiger charge is -2.22. The molecule has 0 unspecified atom stereocenters. The highest BCUT2D eigenvalue weighted by Gasteiger charge is 2.15. The molecular formula is C19H32BrIN6. The Balaban J connectivity index is 0.00000364. The summed E-state index contributed by atoms with van der Waals surface area (Å²) in [5.41, 5.74) is 4.92. The molecule has 1 N–H and O–H groups in total. The van der Waals surface area contributed by atoms with Crippen LogP contribution in [0.15, 0.2) is 21.7 Å². The normalized spacial score (nSPS) is 11.4. The molecule has 2 heterocycles. The first-order valence-electron chi connectivity index (χ1n) is 9.24. The van der Waals surface area contributed by atoms with Gasteiger partial charge in [0.15, 0.2) is 5.96 Å². The molecule has 8 heteroatoms. The Bertz CT molecular complexity index is 765. The van der Waals surface area contributed by atoms with Crippen LogP contribution in [0.2, 0.25) is 0 Å². The second-order valence-electron chi connectivity index (χ2n) is 6.49. The second kappa shape index (κ2) is 11.1. The second-order valence-corrected chi connectivity index (χ2v) is 7.41. The third-order valence-electron chi connectivity index (χ3n) is 4.58. The minimum atomic E-state index is 0. The van der Waals surface area contributed by atoms with E-state index in [1.807, 2.05) is 11.7 Å². The number of aryl methyl sites for hydroxylation is 3. The number of aliphatic imine (C=N–C) groups is 1. The van der Waals surface area contributed by atoms with Gasteiger partial charge in [-0.2, -0.15) is 5.10 Å². The van der Waals surface area contributed by atoms with Crippen LogP contribution in [0, 0.1) is 0 Å². The molecule has 0 aliphatic carbocycles. The largest absolute Gasteiger partial charge is 0.357 e. The lowest BCUT2D eigenvalue weighted by molar-refractivity contribution is 0.462. The van der Waals surface area contributed by atoms with E-state index in [4.69, 9.17) is 4.99 Å². The van der Waals surface area contributed by atoms with E-state index < -0.39 is 0 Å². The van der Waals surface area contributed by atoms with E-state index in [1.54, 1.807) is 0 Å². The van der Waals surface area contributed by atoms with Crippen LogP contribution in [-0.4, -0.2) is 38.8 Å². The maximum Gasteiger partial charge on any atom is 0.194 e. The summed E-state index contributed by atoms with van der Waals surface area (Å²) in [4.78, 5) is 7.07. The third-order valence-corrected chi connectivity index (χ3v) is 5.02. The minimum Gasteiger partial charge on any atom is -0.357 e. The highest BCUT2D eigenvalue weighted by Crippen LogP contribution is 2.18. The van der Waals surface area contributed by atoms with Crippen molar-refractivity contribution >= 4 is 45.9 Å². The zero-order valence-electron chi connectivity index (χ0n) is 17.2. The highest BCUT2D eigenvalue weighted by molar-refractivity contribution is 14.0. The Morgan fingerprint density at radius 2 is 1.96 bits per heavy atom. The molecule has 2 rings (SSSR count). The molecule has 0 spiro atoms. The maximum atomic E-state index is 4.90. The van der Waals surface area contributed by atoms with E-state index in [0.29, 0.717) is 6.54 Å². The van der Waals surface area contributed by atoms with Crippen molar-refractivity contribution in [1.82, 2.24) is 24.6 Å². The molecule has 152 valence electrons. The molecule has 0 atom stereocenters. The van der Waals surface area contributed by atoms with Gasteiger partial charge in [0.25, 0.3) is 0 Å². The standard InChI is InChI=1S/C19H31BrN6.HI/c1-7-17-16(18(8-2)26(6)23-17)11-22-19(21-9-3)25(5)13-15-10-14(20)12-24(15)4;/h10,12H,7-9,11,13H2,1-6H3,(H,21,22);1H. The summed E-state index contributed by atoms with van der Waals surface area (Å²) in [6, 6.07) is 2.14. The van der Waals surface area contributed by atoms with Crippen molar-refractivity contribution in [3.8, 4) is 0 Å². The highest BCUT2D eigenvalue weighted by atomic mass is 127. The third kappa shape index (κ3) is 5.97. The molecular weight excluding hydrogens is 519 g/mol. The molecule has 2 aromatic heterocycles. The van der Waals surface area contributed by atoms with Gasteiger partial charge in [-0.15, -0.1) is 24.0 Å². The number of hydrogen-bond donors (Lipinski definition) is 1. The van der Waals surface area contributed by atoms with Crippen LogP contribution in [-0.2, 0) is 40.0 Å². The lowest BCUT2D eigenvalue weighted by Crippen LogP contribution is -2.38. The Kier molecular flexibility index (Phi) is 9.86. The van der Waals surface area contributed by atoms with Crippen molar-refractivity contribution in [2.24, 2.45) is 19.1 Å². The fourth-order valence-electron chi connectivity index (χ4n) is 3.24. The summed E-state index contributed by atoms with van der Waals surface area (Å²) < 4.78 is 5.23. The molecule has 0 saturated carbocycles. The van der Waals surface area contributed by atoms with Gasteiger partial charge in [-0.1, -0.05) is 13.8 Å². The smallest absolute Gasteiger partial charge is 0.194 e. The van der Waals surface area contributed by atoms with Crippen LogP contribution in [0.5, 0.6) is 0 Å². The molecule has 6 nitrogen and oxygen atoms in total. The predicted octanol–water partition coefficient (Wildman–Crippen LogP) is 3.86. The van der Waals surface area contributed by atoms with Crippen LogP contribution in [0.1, 0.15) is 43.4 Å². The van der Waals surface area contributed by atoms with E-state index in [1.165, 1.54) is 17.0 Å². The quantitative estimate of drug-likeness (QED) is 0.323. The number of nitrogens with zero attached hydrogens (tertiary/aromatic N) is 5. The van der Waals surface area contributed by atoms with Crippen LogP contribution in [0.25, 0.3) is 0 Å². The van der Waals surface area contributed by atoms with Gasteiger partial charge in [0.2, 0.25) is 0 Å². The van der Waals surface area contributed by atoms with Crippen LogP contribution in [0.4, 0.5) is 0 Å². The summed E-state index contributed by atoms with van der Waals surface area (Å²) in [6.07, 6.45) is 3.98. The van der Waals surface area contributed by atoms with Gasteiger partial charge in [0.05, 0.1) is 18.8 Å². The van der Waals surface area contributed by atoms with Crippen molar-refractivity contribution in [1.29, 1.82) is 0 Å². The summed E-state index contributed by atoms with van der Waals surface area (Å²) in [5.74, 6) is 0.915. The summed E-state index contributed by atoms with van der Waals surface area (Å²) >= 11 is 3.54. The molecule has 0 aliphatic rings. The van der Waals surface area contributed by atoms with Gasteiger partial charge in [-0.3, -0.25) is 4.68 Å². The SMILES string of the molecule is CCNC(=NCc1c(CC)nn(C)c1CC)N(C)Cc1cc(Br)cn1C.I. The maximum absolute atomic E-state index is 4.90. The average molecular weight is 551 g/mol. The summed E-state index contributed by atoms with van der Waals surface area (Å²) in [6.45, 7) is 8.72. The molecule has 0 saturated heterocycles.